The Balaban J connectivity index is 2.74. The quantitative estimate of drug-likeness (QED) is 0.623. The van der Waals surface area contributed by atoms with Gasteiger partial charge in [0.05, 0.1) is 0 Å². The molecule has 2 rings (SSSR count). The average molecular weight is 335 g/mol. The highest BCUT2D eigenvalue weighted by atomic mass is 16.4. The first-order valence-electron chi connectivity index (χ1n) is 8.02. The molecular weight excluding hydrogens is 314 g/mol. The number of rotatable bonds is 6. The highest BCUT2D eigenvalue weighted by Gasteiger charge is 2.23. The van der Waals surface area contributed by atoms with Gasteiger partial charge in [-0.3, -0.25) is 0 Å². The topological polar surface area (TPSA) is 81.3 Å². The van der Waals surface area contributed by atoms with Gasteiger partial charge >= 0.3 is 5.97 Å². The number of nitriles is 1. The van der Waals surface area contributed by atoms with Gasteiger partial charge in [-0.15, -0.1) is 0 Å². The zero-order valence-corrected chi connectivity index (χ0v) is 14.4. The second-order valence-corrected chi connectivity index (χ2v) is 6.69. The third-order valence-electron chi connectivity index (χ3n) is 4.02. The third kappa shape index (κ3) is 4.34. The first-order chi connectivity index (χ1) is 11.9. The van der Waals surface area contributed by atoms with Crippen molar-refractivity contribution < 1.29 is 15.0 Å². The smallest absolute Gasteiger partial charge is 0.347 e. The molecule has 0 aliphatic rings. The Morgan fingerprint density at radius 2 is 1.68 bits per heavy atom. The van der Waals surface area contributed by atoms with Crippen LogP contribution in [0.3, 0.4) is 0 Å². The number of aliphatic hydroxyl groups is 1. The normalized spacial score (nSPS) is 12.2. The van der Waals surface area contributed by atoms with Crippen LogP contribution in [0.1, 0.15) is 30.5 Å². The number of nitrogens with zero attached hydrogens (tertiary/aromatic N) is 1. The van der Waals surface area contributed by atoms with Crippen LogP contribution in [0.2, 0.25) is 0 Å². The Morgan fingerprint density at radius 1 is 1.08 bits per heavy atom. The maximum absolute atomic E-state index is 11.7. The molecule has 0 spiro atoms. The number of carbonyl (C=O) groups is 1. The average Bonchev–Trinajstić information content (AvgIpc) is 2.60. The molecule has 2 N–H and O–H groups in total. The number of hydrogen-bond donors (Lipinski definition) is 2. The summed E-state index contributed by atoms with van der Waals surface area (Å²) in [6.07, 6.45) is 0.564. The lowest BCUT2D eigenvalue weighted by Gasteiger charge is -2.24. The molecule has 0 bridgehead atoms. The standard InChI is InChI=1S/C21H21NO3/c1-21(2,14-23)12-16-10-6-7-11-17(16)19(18(13-22)20(24)25)15-8-4-3-5-9-15/h3-11,23H,12,14H2,1-2H3,(H,24,25). The van der Waals surface area contributed by atoms with Crippen molar-refractivity contribution in [2.75, 3.05) is 6.61 Å². The van der Waals surface area contributed by atoms with E-state index >= 15 is 0 Å². The SMILES string of the molecule is CC(C)(CO)Cc1ccccc1C(=C(C#N)C(=O)O)c1ccccc1. The summed E-state index contributed by atoms with van der Waals surface area (Å²) in [6.45, 7) is 3.89. The van der Waals surface area contributed by atoms with E-state index in [4.69, 9.17) is 0 Å². The Labute approximate surface area is 147 Å². The number of aliphatic hydroxyl groups excluding tert-OH is 1. The molecule has 4 heteroatoms. The fraction of sp³-hybridized carbons (Fsp3) is 0.238. The second kappa shape index (κ2) is 7.78. The van der Waals surface area contributed by atoms with Gasteiger partial charge in [0.1, 0.15) is 11.6 Å². The maximum Gasteiger partial charge on any atom is 0.347 e. The molecule has 25 heavy (non-hydrogen) atoms. The van der Waals surface area contributed by atoms with Crippen molar-refractivity contribution in [3.05, 3.63) is 76.9 Å². The van der Waals surface area contributed by atoms with Crippen molar-refractivity contribution in [1.82, 2.24) is 0 Å². The van der Waals surface area contributed by atoms with E-state index in [1.54, 1.807) is 12.1 Å². The van der Waals surface area contributed by atoms with Gasteiger partial charge in [-0.25, -0.2) is 4.79 Å². The van der Waals surface area contributed by atoms with Crippen LogP contribution in [0.5, 0.6) is 0 Å². The number of carboxylic acids is 1. The van der Waals surface area contributed by atoms with E-state index in [1.165, 1.54) is 0 Å². The van der Waals surface area contributed by atoms with Crippen LogP contribution in [0.15, 0.2) is 60.2 Å². The van der Waals surface area contributed by atoms with Crippen LogP contribution in [-0.4, -0.2) is 22.8 Å². The van der Waals surface area contributed by atoms with Crippen LogP contribution < -0.4 is 0 Å². The van der Waals surface area contributed by atoms with Crippen molar-refractivity contribution in [3.8, 4) is 6.07 Å². The molecule has 0 amide bonds. The van der Waals surface area contributed by atoms with E-state index in [0.717, 1.165) is 5.56 Å². The highest BCUT2D eigenvalue weighted by Crippen LogP contribution is 2.32. The zero-order chi connectivity index (χ0) is 18.4. The van der Waals surface area contributed by atoms with E-state index in [2.05, 4.69) is 0 Å². The molecule has 0 aliphatic carbocycles. The van der Waals surface area contributed by atoms with Gasteiger partial charge in [-0.05, 0) is 28.5 Å². The van der Waals surface area contributed by atoms with Gasteiger partial charge in [-0.2, -0.15) is 5.26 Å². The van der Waals surface area contributed by atoms with E-state index < -0.39 is 5.97 Å². The molecule has 0 aromatic heterocycles. The minimum Gasteiger partial charge on any atom is -0.477 e. The lowest BCUT2D eigenvalue weighted by Crippen LogP contribution is -2.20. The molecule has 0 atom stereocenters. The summed E-state index contributed by atoms with van der Waals surface area (Å²) >= 11 is 0. The highest BCUT2D eigenvalue weighted by molar-refractivity contribution is 6.04. The van der Waals surface area contributed by atoms with E-state index in [-0.39, 0.29) is 17.6 Å². The van der Waals surface area contributed by atoms with Crippen molar-refractivity contribution in [2.45, 2.75) is 20.3 Å². The van der Waals surface area contributed by atoms with E-state index in [1.807, 2.05) is 62.4 Å². The Bertz CT molecular complexity index is 830. The monoisotopic (exact) mass is 335 g/mol. The van der Waals surface area contributed by atoms with Gasteiger partial charge in [-0.1, -0.05) is 68.4 Å². The maximum atomic E-state index is 11.7. The molecular formula is C21H21NO3. The Hall–Kier alpha value is -2.90. The lowest BCUT2D eigenvalue weighted by atomic mass is 9.82. The fourth-order valence-corrected chi connectivity index (χ4v) is 2.74. The molecule has 0 heterocycles. The number of benzene rings is 2. The summed E-state index contributed by atoms with van der Waals surface area (Å²) in [5.41, 5.74) is 2.04. The van der Waals surface area contributed by atoms with Crippen LogP contribution in [0.4, 0.5) is 0 Å². The number of aliphatic carboxylic acids is 1. The van der Waals surface area contributed by atoms with Gasteiger partial charge in [0.25, 0.3) is 0 Å². The van der Waals surface area contributed by atoms with Crippen molar-refractivity contribution in [3.63, 3.8) is 0 Å². The van der Waals surface area contributed by atoms with Gasteiger partial charge in [0, 0.05) is 12.2 Å². The molecule has 128 valence electrons. The molecule has 4 nitrogen and oxygen atoms in total. The van der Waals surface area contributed by atoms with E-state index in [9.17, 15) is 20.3 Å². The summed E-state index contributed by atoms with van der Waals surface area (Å²) in [6, 6.07) is 18.3. The molecule has 0 aliphatic heterocycles. The summed E-state index contributed by atoms with van der Waals surface area (Å²) in [7, 11) is 0. The van der Waals surface area contributed by atoms with Crippen molar-refractivity contribution in [1.29, 1.82) is 5.26 Å². The number of hydrogen-bond acceptors (Lipinski definition) is 3. The molecule has 2 aromatic rings. The van der Waals surface area contributed by atoms with Crippen LogP contribution >= 0.6 is 0 Å². The summed E-state index contributed by atoms with van der Waals surface area (Å²) in [5.74, 6) is -1.25. The largest absolute Gasteiger partial charge is 0.477 e. The molecule has 0 fully saturated rings. The summed E-state index contributed by atoms with van der Waals surface area (Å²) < 4.78 is 0. The van der Waals surface area contributed by atoms with Gasteiger partial charge in [0.15, 0.2) is 0 Å². The predicted octanol–water partition coefficient (Wildman–Crippen LogP) is 3.66. The predicted molar refractivity (Wildman–Crippen MR) is 96.7 cm³/mol. The minimum absolute atomic E-state index is 0.00968. The fourth-order valence-electron chi connectivity index (χ4n) is 2.74. The Morgan fingerprint density at radius 3 is 2.24 bits per heavy atom. The Kier molecular flexibility index (Phi) is 5.74. The van der Waals surface area contributed by atoms with E-state index in [0.29, 0.717) is 23.1 Å². The minimum atomic E-state index is -1.25. The van der Waals surface area contributed by atoms with Gasteiger partial charge < -0.3 is 10.2 Å². The summed E-state index contributed by atoms with van der Waals surface area (Å²) in [4.78, 5) is 11.7. The molecule has 2 aromatic carbocycles. The third-order valence-corrected chi connectivity index (χ3v) is 4.02. The first-order valence-corrected chi connectivity index (χ1v) is 8.02. The molecule has 0 saturated heterocycles. The molecule has 0 radical (unpaired) electrons. The van der Waals surface area contributed by atoms with Crippen LogP contribution in [-0.2, 0) is 11.2 Å². The lowest BCUT2D eigenvalue weighted by molar-refractivity contribution is -0.132. The van der Waals surface area contributed by atoms with Crippen molar-refractivity contribution >= 4 is 11.5 Å². The molecule has 0 saturated carbocycles. The van der Waals surface area contributed by atoms with Gasteiger partial charge in [0.2, 0.25) is 0 Å². The summed E-state index contributed by atoms with van der Waals surface area (Å²) in [5, 5.41) is 28.5. The van der Waals surface area contributed by atoms with Crippen molar-refractivity contribution in [2.24, 2.45) is 5.41 Å². The van der Waals surface area contributed by atoms with Crippen LogP contribution in [0.25, 0.3) is 5.57 Å². The second-order valence-electron chi connectivity index (χ2n) is 6.69. The number of carboxylic acid groups (broad SMARTS) is 1. The first kappa shape index (κ1) is 18.4. The van der Waals surface area contributed by atoms with Crippen LogP contribution in [0, 0.1) is 16.7 Å². The zero-order valence-electron chi connectivity index (χ0n) is 14.4. The molecule has 0 unspecified atom stereocenters.